The van der Waals surface area contributed by atoms with E-state index in [9.17, 15) is 9.59 Å². The Morgan fingerprint density at radius 2 is 2.33 bits per heavy atom. The molecule has 1 saturated heterocycles. The molecular weight excluding hydrogens is 310 g/mol. The van der Waals surface area contributed by atoms with Crippen molar-refractivity contribution in [2.24, 2.45) is 0 Å². The van der Waals surface area contributed by atoms with Gasteiger partial charge in [-0.15, -0.1) is 11.3 Å². The number of amides is 1. The van der Waals surface area contributed by atoms with Crippen LogP contribution in [0.15, 0.2) is 6.07 Å². The second-order valence-corrected chi connectivity index (χ2v) is 7.24. The standard InChI is InChI=1S/C14H17NO4S2/c1-18-14(17)10-7-15(3-4-19-10)13(16)12-6-9-8-20-5-2-11(9)21-12/h6,10H,2-5,7-8H2,1H3. The number of rotatable bonds is 2. The molecule has 3 rings (SSSR count). The topological polar surface area (TPSA) is 55.8 Å². The molecule has 1 unspecified atom stereocenters. The summed E-state index contributed by atoms with van der Waals surface area (Å²) < 4.78 is 10.0. The number of aryl methyl sites for hydroxylation is 1. The number of esters is 1. The van der Waals surface area contributed by atoms with Crippen molar-refractivity contribution in [1.82, 2.24) is 4.90 Å². The normalized spacial score (nSPS) is 21.8. The number of thioether (sulfide) groups is 1. The molecule has 1 amide bonds. The van der Waals surface area contributed by atoms with Crippen LogP contribution in [0.4, 0.5) is 0 Å². The maximum atomic E-state index is 12.6. The van der Waals surface area contributed by atoms with Crippen LogP contribution in [0.5, 0.6) is 0 Å². The predicted octanol–water partition coefficient (Wildman–Crippen LogP) is 1.55. The summed E-state index contributed by atoms with van der Waals surface area (Å²) in [6.45, 7) is 1.15. The van der Waals surface area contributed by atoms with Crippen LogP contribution in [0.3, 0.4) is 0 Å². The van der Waals surface area contributed by atoms with Crippen LogP contribution in [0, 0.1) is 0 Å². The number of methoxy groups -OCH3 is 1. The van der Waals surface area contributed by atoms with Crippen molar-refractivity contribution in [2.45, 2.75) is 18.3 Å². The van der Waals surface area contributed by atoms with Gasteiger partial charge in [-0.05, 0) is 23.8 Å². The van der Waals surface area contributed by atoms with E-state index in [0.29, 0.717) is 13.2 Å². The van der Waals surface area contributed by atoms with Crippen LogP contribution >= 0.6 is 23.1 Å². The lowest BCUT2D eigenvalue weighted by Gasteiger charge is -2.31. The predicted molar refractivity (Wildman–Crippen MR) is 81.8 cm³/mol. The first-order valence-corrected chi connectivity index (χ1v) is 8.84. The molecule has 5 nitrogen and oxygen atoms in total. The highest BCUT2D eigenvalue weighted by Crippen LogP contribution is 2.32. The number of ether oxygens (including phenoxy) is 2. The Bertz CT molecular complexity index is 534. The number of fused-ring (bicyclic) bond motifs is 1. The van der Waals surface area contributed by atoms with E-state index in [-0.39, 0.29) is 12.5 Å². The Morgan fingerprint density at radius 3 is 3.10 bits per heavy atom. The highest BCUT2D eigenvalue weighted by atomic mass is 32.2. The van der Waals surface area contributed by atoms with Crippen molar-refractivity contribution in [1.29, 1.82) is 0 Å². The highest BCUT2D eigenvalue weighted by Gasteiger charge is 2.31. The molecule has 7 heteroatoms. The van der Waals surface area contributed by atoms with Gasteiger partial charge in [-0.25, -0.2) is 4.79 Å². The minimum Gasteiger partial charge on any atom is -0.467 e. The first-order chi connectivity index (χ1) is 10.2. The summed E-state index contributed by atoms with van der Waals surface area (Å²) in [6.07, 6.45) is 0.379. The quantitative estimate of drug-likeness (QED) is 0.772. The Morgan fingerprint density at radius 1 is 1.48 bits per heavy atom. The zero-order valence-corrected chi connectivity index (χ0v) is 13.4. The fourth-order valence-electron chi connectivity index (χ4n) is 2.52. The van der Waals surface area contributed by atoms with Crippen LogP contribution in [-0.2, 0) is 26.4 Å². The Labute approximate surface area is 131 Å². The summed E-state index contributed by atoms with van der Waals surface area (Å²) >= 11 is 3.50. The summed E-state index contributed by atoms with van der Waals surface area (Å²) in [5, 5.41) is 0. The second kappa shape index (κ2) is 6.37. The van der Waals surface area contributed by atoms with E-state index in [0.717, 1.165) is 22.8 Å². The number of morpholine rings is 1. The molecule has 0 bridgehead atoms. The maximum Gasteiger partial charge on any atom is 0.336 e. The van der Waals surface area contributed by atoms with Gasteiger partial charge in [0.25, 0.3) is 5.91 Å². The summed E-state index contributed by atoms with van der Waals surface area (Å²) in [5.41, 5.74) is 1.29. The molecular formula is C14H17NO4S2. The lowest BCUT2D eigenvalue weighted by Crippen LogP contribution is -2.48. The molecule has 2 aliphatic rings. The van der Waals surface area contributed by atoms with Crippen LogP contribution in [0.25, 0.3) is 0 Å². The summed E-state index contributed by atoms with van der Waals surface area (Å²) in [7, 11) is 1.33. The summed E-state index contributed by atoms with van der Waals surface area (Å²) in [5.74, 6) is 1.70. The third kappa shape index (κ3) is 3.09. The van der Waals surface area contributed by atoms with Crippen molar-refractivity contribution >= 4 is 35.0 Å². The van der Waals surface area contributed by atoms with Crippen molar-refractivity contribution < 1.29 is 19.1 Å². The van der Waals surface area contributed by atoms with Gasteiger partial charge in [-0.2, -0.15) is 11.8 Å². The maximum absolute atomic E-state index is 12.6. The van der Waals surface area contributed by atoms with Gasteiger partial charge in [0.2, 0.25) is 0 Å². The zero-order chi connectivity index (χ0) is 14.8. The molecule has 0 saturated carbocycles. The molecule has 114 valence electrons. The third-order valence-electron chi connectivity index (χ3n) is 3.66. The van der Waals surface area contributed by atoms with E-state index in [1.807, 2.05) is 17.8 Å². The van der Waals surface area contributed by atoms with Crippen molar-refractivity contribution in [3.63, 3.8) is 0 Å². The van der Waals surface area contributed by atoms with E-state index in [4.69, 9.17) is 4.74 Å². The Balaban J connectivity index is 1.72. The van der Waals surface area contributed by atoms with Crippen LogP contribution < -0.4 is 0 Å². The number of thiophene rings is 1. The number of carbonyl (C=O) groups excluding carboxylic acids is 2. The first kappa shape index (κ1) is 14.9. The minimum absolute atomic E-state index is 0.00315. The Hall–Kier alpha value is -1.05. The number of carbonyl (C=O) groups is 2. The van der Waals surface area contributed by atoms with Crippen molar-refractivity contribution in [3.05, 3.63) is 21.4 Å². The molecule has 1 atom stereocenters. The van der Waals surface area contributed by atoms with Gasteiger partial charge in [0.15, 0.2) is 6.10 Å². The molecule has 1 aromatic heterocycles. The van der Waals surface area contributed by atoms with Crippen LogP contribution in [0.1, 0.15) is 20.1 Å². The lowest BCUT2D eigenvalue weighted by atomic mass is 10.2. The Kier molecular flexibility index (Phi) is 4.51. The molecule has 3 heterocycles. The fourth-order valence-corrected chi connectivity index (χ4v) is 4.86. The van der Waals surface area contributed by atoms with Gasteiger partial charge < -0.3 is 14.4 Å². The van der Waals surface area contributed by atoms with Gasteiger partial charge in [-0.3, -0.25) is 4.79 Å². The van der Waals surface area contributed by atoms with Crippen LogP contribution in [-0.4, -0.2) is 55.4 Å². The average Bonchev–Trinajstić information content (AvgIpc) is 2.97. The first-order valence-electron chi connectivity index (χ1n) is 6.87. The summed E-state index contributed by atoms with van der Waals surface area (Å²) in [4.78, 5) is 27.9. The number of hydrogen-bond donors (Lipinski definition) is 0. The molecule has 1 fully saturated rings. The summed E-state index contributed by atoms with van der Waals surface area (Å²) in [6, 6.07) is 2.01. The average molecular weight is 327 g/mol. The molecule has 0 spiro atoms. The highest BCUT2D eigenvalue weighted by molar-refractivity contribution is 7.98. The van der Waals surface area contributed by atoms with Gasteiger partial charge in [-0.1, -0.05) is 0 Å². The van der Waals surface area contributed by atoms with E-state index >= 15 is 0 Å². The smallest absolute Gasteiger partial charge is 0.336 e. The zero-order valence-electron chi connectivity index (χ0n) is 11.8. The molecule has 0 radical (unpaired) electrons. The number of nitrogens with zero attached hydrogens (tertiary/aromatic N) is 1. The van der Waals surface area contributed by atoms with Gasteiger partial charge in [0.1, 0.15) is 0 Å². The van der Waals surface area contributed by atoms with E-state index in [2.05, 4.69) is 4.74 Å². The molecule has 0 aliphatic carbocycles. The molecule has 21 heavy (non-hydrogen) atoms. The largest absolute Gasteiger partial charge is 0.467 e. The lowest BCUT2D eigenvalue weighted by molar-refractivity contribution is -0.158. The monoisotopic (exact) mass is 327 g/mol. The minimum atomic E-state index is -0.669. The van der Waals surface area contributed by atoms with Gasteiger partial charge in [0.05, 0.1) is 25.1 Å². The molecule has 2 aliphatic heterocycles. The SMILES string of the molecule is COC(=O)C1CN(C(=O)c2cc3c(s2)CCSC3)CCO1. The van der Waals surface area contributed by atoms with E-state index in [1.54, 1.807) is 16.2 Å². The van der Waals surface area contributed by atoms with E-state index in [1.165, 1.54) is 17.6 Å². The van der Waals surface area contributed by atoms with Crippen molar-refractivity contribution in [2.75, 3.05) is 32.6 Å². The van der Waals surface area contributed by atoms with Crippen LogP contribution in [0.2, 0.25) is 0 Å². The van der Waals surface area contributed by atoms with E-state index < -0.39 is 12.1 Å². The second-order valence-electron chi connectivity index (χ2n) is 5.00. The van der Waals surface area contributed by atoms with Gasteiger partial charge in [0, 0.05) is 17.2 Å². The fraction of sp³-hybridized carbons (Fsp3) is 0.571. The molecule has 0 aromatic carbocycles. The van der Waals surface area contributed by atoms with Gasteiger partial charge >= 0.3 is 5.97 Å². The molecule has 0 N–H and O–H groups in total. The third-order valence-corrected chi connectivity index (χ3v) is 5.89. The molecule has 1 aromatic rings. The van der Waals surface area contributed by atoms with Crippen molar-refractivity contribution in [3.8, 4) is 0 Å². The number of hydrogen-bond acceptors (Lipinski definition) is 6.